The quantitative estimate of drug-likeness (QED) is 0.612. The van der Waals surface area contributed by atoms with E-state index in [1.807, 2.05) is 13.8 Å². The first-order valence-corrected chi connectivity index (χ1v) is 6.92. The summed E-state index contributed by atoms with van der Waals surface area (Å²) in [6.45, 7) is 4.28. The van der Waals surface area contributed by atoms with Gasteiger partial charge in [-0.25, -0.2) is 0 Å². The smallest absolute Gasteiger partial charge is 0.271 e. The first-order chi connectivity index (χ1) is 10.3. The number of carbonyl (C=O) groups is 1. The van der Waals surface area contributed by atoms with Gasteiger partial charge in [0.25, 0.3) is 5.69 Å². The number of nitro benzene ring substituents is 1. The number of aliphatic hydroxyl groups is 1. The molecule has 1 aliphatic heterocycles. The predicted molar refractivity (Wildman–Crippen MR) is 80.1 cm³/mol. The Morgan fingerprint density at radius 2 is 2.27 bits per heavy atom. The van der Waals surface area contributed by atoms with Gasteiger partial charge >= 0.3 is 0 Å². The molecular formula is C14H19N3O5. The van der Waals surface area contributed by atoms with Gasteiger partial charge in [-0.2, -0.15) is 0 Å². The second-order valence-electron chi connectivity index (χ2n) is 5.70. The molecule has 0 fully saturated rings. The molecule has 1 heterocycles. The summed E-state index contributed by atoms with van der Waals surface area (Å²) >= 11 is 0. The molecule has 2 N–H and O–H groups in total. The number of nitro groups is 1. The minimum atomic E-state index is -0.514. The maximum absolute atomic E-state index is 11.9. The summed E-state index contributed by atoms with van der Waals surface area (Å²) in [5, 5.41) is 22.2. The second-order valence-corrected chi connectivity index (χ2v) is 5.70. The van der Waals surface area contributed by atoms with Crippen molar-refractivity contribution in [2.24, 2.45) is 0 Å². The number of fused-ring (bicyclic) bond motifs is 1. The number of anilines is 1. The number of aliphatic hydroxyl groups excluding tert-OH is 1. The topological polar surface area (TPSA) is 105 Å². The Labute approximate surface area is 127 Å². The van der Waals surface area contributed by atoms with Gasteiger partial charge in [0.2, 0.25) is 5.91 Å². The third kappa shape index (κ3) is 3.64. The maximum Gasteiger partial charge on any atom is 0.271 e. The zero-order valence-corrected chi connectivity index (χ0v) is 12.5. The Kier molecular flexibility index (Phi) is 4.51. The van der Waals surface area contributed by atoms with Crippen LogP contribution in [-0.4, -0.2) is 47.8 Å². The summed E-state index contributed by atoms with van der Waals surface area (Å²) in [5.74, 6) is 0.251. The fourth-order valence-corrected chi connectivity index (χ4v) is 2.39. The summed E-state index contributed by atoms with van der Waals surface area (Å²) in [7, 11) is 0. The number of nitrogens with zero attached hydrogens (tertiary/aromatic N) is 2. The van der Waals surface area contributed by atoms with Crippen LogP contribution in [-0.2, 0) is 4.79 Å². The van der Waals surface area contributed by atoms with E-state index in [1.54, 1.807) is 11.0 Å². The molecule has 0 unspecified atom stereocenters. The monoisotopic (exact) mass is 309 g/mol. The van der Waals surface area contributed by atoms with Crippen LogP contribution in [0, 0.1) is 10.1 Å². The molecule has 22 heavy (non-hydrogen) atoms. The Bertz CT molecular complexity index is 588. The van der Waals surface area contributed by atoms with E-state index in [-0.39, 0.29) is 31.3 Å². The first kappa shape index (κ1) is 16.0. The van der Waals surface area contributed by atoms with Crippen LogP contribution in [0.4, 0.5) is 11.4 Å². The lowest BCUT2D eigenvalue weighted by atomic mass is 10.0. The zero-order valence-electron chi connectivity index (χ0n) is 12.5. The van der Waals surface area contributed by atoms with Crippen molar-refractivity contribution in [1.29, 1.82) is 0 Å². The SMILES string of the molecule is CC1(C)CN(CC(=O)NCCO)c2cc([N+](=O)[O-])ccc2O1. The second kappa shape index (κ2) is 6.18. The molecule has 1 aromatic rings. The highest BCUT2D eigenvalue weighted by atomic mass is 16.6. The van der Waals surface area contributed by atoms with Gasteiger partial charge in [0.15, 0.2) is 0 Å². The fourth-order valence-electron chi connectivity index (χ4n) is 2.39. The van der Waals surface area contributed by atoms with Crippen molar-refractivity contribution < 1.29 is 19.6 Å². The zero-order chi connectivity index (χ0) is 16.3. The normalized spacial score (nSPS) is 15.7. The number of rotatable bonds is 5. The summed E-state index contributed by atoms with van der Waals surface area (Å²) in [6.07, 6.45) is 0. The molecule has 1 aliphatic rings. The number of ether oxygens (including phenoxy) is 1. The molecule has 0 aliphatic carbocycles. The number of amides is 1. The van der Waals surface area contributed by atoms with Crippen LogP contribution in [0.2, 0.25) is 0 Å². The van der Waals surface area contributed by atoms with Crippen LogP contribution in [0.25, 0.3) is 0 Å². The molecular weight excluding hydrogens is 290 g/mol. The van der Waals surface area contributed by atoms with E-state index in [0.717, 1.165) is 0 Å². The van der Waals surface area contributed by atoms with Crippen molar-refractivity contribution >= 4 is 17.3 Å². The maximum atomic E-state index is 11.9. The van der Waals surface area contributed by atoms with Gasteiger partial charge in [-0.05, 0) is 19.9 Å². The predicted octanol–water partition coefficient (Wildman–Crippen LogP) is 0.681. The Hall–Kier alpha value is -2.35. The Morgan fingerprint density at radius 1 is 1.55 bits per heavy atom. The molecule has 1 amide bonds. The fraction of sp³-hybridized carbons (Fsp3) is 0.500. The Morgan fingerprint density at radius 3 is 2.91 bits per heavy atom. The van der Waals surface area contributed by atoms with Gasteiger partial charge in [-0.1, -0.05) is 0 Å². The average molecular weight is 309 g/mol. The van der Waals surface area contributed by atoms with Crippen LogP contribution < -0.4 is 15.0 Å². The summed E-state index contributed by atoms with van der Waals surface area (Å²) in [5.41, 5.74) is -0.0454. The van der Waals surface area contributed by atoms with E-state index in [4.69, 9.17) is 9.84 Å². The third-order valence-corrected chi connectivity index (χ3v) is 3.22. The minimum absolute atomic E-state index is 0.0426. The third-order valence-electron chi connectivity index (χ3n) is 3.22. The van der Waals surface area contributed by atoms with E-state index in [1.165, 1.54) is 12.1 Å². The van der Waals surface area contributed by atoms with Crippen LogP contribution in [0.3, 0.4) is 0 Å². The van der Waals surface area contributed by atoms with Crippen molar-refractivity contribution in [2.45, 2.75) is 19.4 Å². The molecule has 1 aromatic carbocycles. The molecule has 2 rings (SSSR count). The van der Waals surface area contributed by atoms with Crippen LogP contribution in [0.15, 0.2) is 18.2 Å². The number of nitrogens with one attached hydrogen (secondary N) is 1. The van der Waals surface area contributed by atoms with Crippen molar-refractivity contribution in [3.05, 3.63) is 28.3 Å². The summed E-state index contributed by atoms with van der Waals surface area (Å²) < 4.78 is 5.81. The van der Waals surface area contributed by atoms with Gasteiger partial charge < -0.3 is 20.1 Å². The molecule has 0 saturated heterocycles. The van der Waals surface area contributed by atoms with Gasteiger partial charge in [-0.3, -0.25) is 14.9 Å². The number of carbonyl (C=O) groups excluding carboxylic acids is 1. The van der Waals surface area contributed by atoms with E-state index in [9.17, 15) is 14.9 Å². The molecule has 0 saturated carbocycles. The summed E-state index contributed by atoms with van der Waals surface area (Å²) in [4.78, 5) is 24.1. The van der Waals surface area contributed by atoms with Crippen molar-refractivity contribution in [3.8, 4) is 5.75 Å². The van der Waals surface area contributed by atoms with Crippen molar-refractivity contribution in [1.82, 2.24) is 5.32 Å². The molecule has 8 nitrogen and oxygen atoms in total. The van der Waals surface area contributed by atoms with Gasteiger partial charge in [0.1, 0.15) is 11.4 Å². The van der Waals surface area contributed by atoms with E-state index >= 15 is 0 Å². The number of hydrogen-bond donors (Lipinski definition) is 2. The average Bonchev–Trinajstić information content (AvgIpc) is 2.43. The highest BCUT2D eigenvalue weighted by Crippen LogP contribution is 2.39. The minimum Gasteiger partial charge on any atom is -0.484 e. The van der Waals surface area contributed by atoms with Crippen LogP contribution >= 0.6 is 0 Å². The highest BCUT2D eigenvalue weighted by Gasteiger charge is 2.33. The van der Waals surface area contributed by atoms with Gasteiger partial charge in [0, 0.05) is 18.7 Å². The molecule has 0 atom stereocenters. The van der Waals surface area contributed by atoms with Crippen molar-refractivity contribution in [3.63, 3.8) is 0 Å². The molecule has 0 aromatic heterocycles. The molecule has 0 spiro atoms. The van der Waals surface area contributed by atoms with Gasteiger partial charge in [0.05, 0.1) is 30.3 Å². The van der Waals surface area contributed by atoms with Crippen molar-refractivity contribution in [2.75, 3.05) is 31.1 Å². The summed E-state index contributed by atoms with van der Waals surface area (Å²) in [6, 6.07) is 4.33. The molecule has 8 heteroatoms. The lowest BCUT2D eigenvalue weighted by Gasteiger charge is -2.40. The Balaban J connectivity index is 2.28. The number of benzene rings is 1. The number of non-ortho nitro benzene ring substituents is 1. The van der Waals surface area contributed by atoms with E-state index < -0.39 is 10.5 Å². The highest BCUT2D eigenvalue weighted by molar-refractivity contribution is 5.82. The first-order valence-electron chi connectivity index (χ1n) is 6.92. The van der Waals surface area contributed by atoms with Gasteiger partial charge in [-0.15, -0.1) is 0 Å². The lowest BCUT2D eigenvalue weighted by molar-refractivity contribution is -0.384. The standard InChI is InChI=1S/C14H19N3O5/c1-14(2)9-16(8-13(19)15-5-6-18)11-7-10(17(20)21)3-4-12(11)22-14/h3-4,7,18H,5-6,8-9H2,1-2H3,(H,15,19). The van der Waals surface area contributed by atoms with Crippen LogP contribution in [0.1, 0.15) is 13.8 Å². The van der Waals surface area contributed by atoms with Crippen LogP contribution in [0.5, 0.6) is 5.75 Å². The van der Waals surface area contributed by atoms with E-state index in [2.05, 4.69) is 5.32 Å². The largest absolute Gasteiger partial charge is 0.484 e. The number of hydrogen-bond acceptors (Lipinski definition) is 6. The molecule has 120 valence electrons. The van der Waals surface area contributed by atoms with E-state index in [0.29, 0.717) is 18.0 Å². The molecule has 0 bridgehead atoms. The lowest BCUT2D eigenvalue weighted by Crippen LogP contribution is -2.50. The molecule has 0 radical (unpaired) electrons.